The third-order valence-electron chi connectivity index (χ3n) is 2.74. The van der Waals surface area contributed by atoms with Crippen LogP contribution in [-0.2, 0) is 9.53 Å². The largest absolute Gasteiger partial charge is 0.494 e. The van der Waals surface area contributed by atoms with E-state index in [1.54, 1.807) is 46.0 Å². The first-order valence-electron chi connectivity index (χ1n) is 6.92. The lowest BCUT2D eigenvalue weighted by Crippen LogP contribution is -2.37. The molecule has 1 unspecified atom stereocenters. The van der Waals surface area contributed by atoms with Crippen molar-refractivity contribution in [2.75, 3.05) is 13.7 Å². The Hall–Kier alpha value is -2.04. The van der Waals surface area contributed by atoms with Gasteiger partial charge in [-0.1, -0.05) is 12.1 Å². The van der Waals surface area contributed by atoms with Crippen molar-refractivity contribution in [2.24, 2.45) is 0 Å². The Bertz CT molecular complexity index is 493. The lowest BCUT2D eigenvalue weighted by Gasteiger charge is -2.28. The van der Waals surface area contributed by atoms with Gasteiger partial charge in [-0.15, -0.1) is 0 Å². The zero-order valence-corrected chi connectivity index (χ0v) is 13.3. The summed E-state index contributed by atoms with van der Waals surface area (Å²) in [4.78, 5) is 24.7. The van der Waals surface area contributed by atoms with E-state index in [0.29, 0.717) is 17.9 Å². The number of hydrogen-bond donors (Lipinski definition) is 0. The molecular weight excluding hydrogens is 270 g/mol. The molecule has 5 heteroatoms. The molecular formula is C16H23NO4. The molecule has 0 spiro atoms. The van der Waals surface area contributed by atoms with Gasteiger partial charge >= 0.3 is 6.09 Å². The van der Waals surface area contributed by atoms with Crippen molar-refractivity contribution >= 4 is 12.4 Å². The van der Waals surface area contributed by atoms with E-state index in [-0.39, 0.29) is 0 Å². The fourth-order valence-electron chi connectivity index (χ4n) is 1.80. The van der Waals surface area contributed by atoms with Crippen molar-refractivity contribution in [2.45, 2.75) is 39.3 Å². The van der Waals surface area contributed by atoms with Crippen molar-refractivity contribution < 1.29 is 19.1 Å². The Morgan fingerprint density at radius 3 is 2.57 bits per heavy atom. The molecule has 0 aliphatic rings. The molecule has 116 valence electrons. The molecule has 0 N–H and O–H groups in total. The first-order valence-corrected chi connectivity index (χ1v) is 6.92. The van der Waals surface area contributed by atoms with Gasteiger partial charge in [0.15, 0.2) is 0 Å². The van der Waals surface area contributed by atoms with Crippen molar-refractivity contribution in [3.8, 4) is 5.75 Å². The van der Waals surface area contributed by atoms with Crippen molar-refractivity contribution in [1.29, 1.82) is 0 Å². The molecule has 0 aliphatic carbocycles. The minimum absolute atomic E-state index is 0.539. The number of carbonyl (C=O) groups excluding carboxylic acids is 2. The van der Waals surface area contributed by atoms with Crippen LogP contribution in [0.3, 0.4) is 0 Å². The summed E-state index contributed by atoms with van der Waals surface area (Å²) >= 11 is 0. The normalized spacial score (nSPS) is 12.4. The summed E-state index contributed by atoms with van der Waals surface area (Å²) in [5.41, 5.74) is 0.0793. The monoisotopic (exact) mass is 293 g/mol. The van der Waals surface area contributed by atoms with Crippen molar-refractivity contribution in [3.63, 3.8) is 0 Å². The minimum atomic E-state index is -0.708. The van der Waals surface area contributed by atoms with E-state index >= 15 is 0 Å². The lowest BCUT2D eigenvalue weighted by atomic mass is 10.1. The number of nitrogens with zero attached hydrogens (tertiary/aromatic N) is 1. The van der Waals surface area contributed by atoms with Gasteiger partial charge in [-0.3, -0.25) is 4.90 Å². The number of amides is 1. The van der Waals surface area contributed by atoms with E-state index in [1.807, 2.05) is 13.0 Å². The summed E-state index contributed by atoms with van der Waals surface area (Å²) in [5, 5.41) is 0. The number of rotatable bonds is 5. The van der Waals surface area contributed by atoms with Gasteiger partial charge in [0.2, 0.25) is 0 Å². The average molecular weight is 293 g/mol. The highest BCUT2D eigenvalue weighted by Crippen LogP contribution is 2.23. The standard InChI is InChI=1S/C16H23NO4/c1-6-20-13-9-7-8-12(10-13)14(11-18)17(5)15(19)21-16(2,3)4/h7-11,14H,6H2,1-5H3. The maximum atomic E-state index is 12.1. The first kappa shape index (κ1) is 17.0. The smallest absolute Gasteiger partial charge is 0.410 e. The molecule has 0 aliphatic heterocycles. The number of benzene rings is 1. The van der Waals surface area contributed by atoms with Gasteiger partial charge in [-0.05, 0) is 45.4 Å². The van der Waals surface area contributed by atoms with Gasteiger partial charge in [0.05, 0.1) is 6.61 Å². The van der Waals surface area contributed by atoms with Crippen LogP contribution in [0.25, 0.3) is 0 Å². The van der Waals surface area contributed by atoms with E-state index in [1.165, 1.54) is 4.90 Å². The average Bonchev–Trinajstić information content (AvgIpc) is 2.38. The first-order chi connectivity index (χ1) is 9.78. The zero-order chi connectivity index (χ0) is 16.0. The molecule has 0 saturated heterocycles. The summed E-state index contributed by atoms with van der Waals surface area (Å²) in [6, 6.07) is 6.42. The fourth-order valence-corrected chi connectivity index (χ4v) is 1.80. The fraction of sp³-hybridized carbons (Fsp3) is 0.500. The van der Waals surface area contributed by atoms with Crippen LogP contribution >= 0.6 is 0 Å². The SMILES string of the molecule is CCOc1cccc(C(C=O)N(C)C(=O)OC(C)(C)C)c1. The second-order valence-electron chi connectivity index (χ2n) is 5.68. The zero-order valence-electron chi connectivity index (χ0n) is 13.3. The van der Waals surface area contributed by atoms with Crippen LogP contribution in [0.15, 0.2) is 24.3 Å². The van der Waals surface area contributed by atoms with Crippen LogP contribution in [0.5, 0.6) is 5.75 Å². The minimum Gasteiger partial charge on any atom is -0.494 e. The van der Waals surface area contributed by atoms with Crippen LogP contribution in [0.1, 0.15) is 39.3 Å². The van der Waals surface area contributed by atoms with Crippen LogP contribution in [0.2, 0.25) is 0 Å². The van der Waals surface area contributed by atoms with Crippen molar-refractivity contribution in [3.05, 3.63) is 29.8 Å². The Balaban J connectivity index is 2.93. The quantitative estimate of drug-likeness (QED) is 0.782. The molecule has 1 rings (SSSR count). The van der Waals surface area contributed by atoms with E-state index in [2.05, 4.69) is 0 Å². The van der Waals surface area contributed by atoms with Gasteiger partial charge in [0, 0.05) is 7.05 Å². The summed E-state index contributed by atoms with van der Waals surface area (Å²) in [7, 11) is 1.54. The predicted molar refractivity (Wildman–Crippen MR) is 80.4 cm³/mol. The van der Waals surface area contributed by atoms with Gasteiger partial charge < -0.3 is 14.3 Å². The predicted octanol–water partition coefficient (Wildman–Crippen LogP) is 3.19. The lowest BCUT2D eigenvalue weighted by molar-refractivity contribution is -0.112. The molecule has 0 aromatic heterocycles. The van der Waals surface area contributed by atoms with Gasteiger partial charge in [-0.2, -0.15) is 0 Å². The van der Waals surface area contributed by atoms with Gasteiger partial charge in [0.1, 0.15) is 23.7 Å². The van der Waals surface area contributed by atoms with Crippen LogP contribution < -0.4 is 4.74 Å². The second kappa shape index (κ2) is 7.11. The molecule has 0 heterocycles. The molecule has 1 aromatic rings. The number of ether oxygens (including phenoxy) is 2. The Morgan fingerprint density at radius 2 is 2.05 bits per heavy atom. The van der Waals surface area contributed by atoms with Crippen LogP contribution in [0, 0.1) is 0 Å². The van der Waals surface area contributed by atoms with E-state index in [0.717, 1.165) is 6.29 Å². The number of likely N-dealkylation sites (N-methyl/N-ethyl adjacent to an activating group) is 1. The molecule has 5 nitrogen and oxygen atoms in total. The highest BCUT2D eigenvalue weighted by Gasteiger charge is 2.26. The van der Waals surface area contributed by atoms with E-state index < -0.39 is 17.7 Å². The molecule has 21 heavy (non-hydrogen) atoms. The number of carbonyl (C=O) groups is 2. The Morgan fingerprint density at radius 1 is 1.38 bits per heavy atom. The maximum Gasteiger partial charge on any atom is 0.410 e. The van der Waals surface area contributed by atoms with E-state index in [9.17, 15) is 9.59 Å². The molecule has 0 radical (unpaired) electrons. The molecule has 1 atom stereocenters. The summed E-state index contributed by atoms with van der Waals surface area (Å²) in [5.74, 6) is 0.666. The number of aldehydes is 1. The maximum absolute atomic E-state index is 12.1. The number of hydrogen-bond acceptors (Lipinski definition) is 4. The molecule has 1 aromatic carbocycles. The second-order valence-corrected chi connectivity index (χ2v) is 5.68. The van der Waals surface area contributed by atoms with Crippen LogP contribution in [-0.4, -0.2) is 36.5 Å². The summed E-state index contributed by atoms with van der Waals surface area (Å²) in [6.07, 6.45) is 0.177. The topological polar surface area (TPSA) is 55.8 Å². The summed E-state index contributed by atoms with van der Waals surface area (Å²) in [6.45, 7) is 7.77. The molecule has 1 amide bonds. The molecule has 0 bridgehead atoms. The Labute approximate surface area is 125 Å². The highest BCUT2D eigenvalue weighted by atomic mass is 16.6. The summed E-state index contributed by atoms with van der Waals surface area (Å²) < 4.78 is 10.7. The highest BCUT2D eigenvalue weighted by molar-refractivity contribution is 5.74. The van der Waals surface area contributed by atoms with Gasteiger partial charge in [-0.25, -0.2) is 4.79 Å². The van der Waals surface area contributed by atoms with Crippen molar-refractivity contribution in [1.82, 2.24) is 4.90 Å². The molecule has 0 saturated carbocycles. The third kappa shape index (κ3) is 5.10. The Kier molecular flexibility index (Phi) is 5.76. The van der Waals surface area contributed by atoms with Gasteiger partial charge in [0.25, 0.3) is 0 Å². The van der Waals surface area contributed by atoms with Crippen LogP contribution in [0.4, 0.5) is 4.79 Å². The van der Waals surface area contributed by atoms with E-state index in [4.69, 9.17) is 9.47 Å². The molecule has 0 fully saturated rings. The third-order valence-corrected chi connectivity index (χ3v) is 2.74.